The molecular weight excluding hydrogens is 534 g/mol. The van der Waals surface area contributed by atoms with Gasteiger partial charge < -0.3 is 10.2 Å². The quantitative estimate of drug-likeness (QED) is 0.273. The number of halogens is 1. The summed E-state index contributed by atoms with van der Waals surface area (Å²) >= 11 is 6.21. The Balaban J connectivity index is 2.02. The largest absolute Gasteiger partial charge is 0.354 e. The first-order chi connectivity index (χ1) is 18.7. The number of aryl methyl sites for hydroxylation is 1. The molecule has 0 aliphatic heterocycles. The zero-order chi connectivity index (χ0) is 28.4. The minimum Gasteiger partial charge on any atom is -0.354 e. The van der Waals surface area contributed by atoms with Crippen LogP contribution in [-0.2, 0) is 26.2 Å². The zero-order valence-electron chi connectivity index (χ0n) is 22.6. The van der Waals surface area contributed by atoms with Crippen LogP contribution in [0.5, 0.6) is 0 Å². The van der Waals surface area contributed by atoms with Gasteiger partial charge in [-0.05, 0) is 55.7 Å². The molecule has 0 spiro atoms. The molecule has 39 heavy (non-hydrogen) atoms. The Kier molecular flexibility index (Phi) is 10.9. The molecule has 7 nitrogen and oxygen atoms in total. The van der Waals surface area contributed by atoms with E-state index < -0.39 is 28.5 Å². The van der Waals surface area contributed by atoms with Gasteiger partial charge in [0.1, 0.15) is 12.6 Å². The molecule has 1 unspecified atom stereocenters. The number of hydrogen-bond acceptors (Lipinski definition) is 4. The Morgan fingerprint density at radius 1 is 0.949 bits per heavy atom. The Morgan fingerprint density at radius 2 is 1.67 bits per heavy atom. The van der Waals surface area contributed by atoms with E-state index in [2.05, 4.69) is 5.32 Å². The van der Waals surface area contributed by atoms with Gasteiger partial charge >= 0.3 is 0 Å². The summed E-state index contributed by atoms with van der Waals surface area (Å²) in [6, 6.07) is 21.3. The van der Waals surface area contributed by atoms with Crippen LogP contribution in [0.2, 0.25) is 5.02 Å². The van der Waals surface area contributed by atoms with Gasteiger partial charge in [0.2, 0.25) is 11.8 Å². The number of unbranched alkanes of at least 4 members (excludes halogenated alkanes) is 1. The van der Waals surface area contributed by atoms with E-state index >= 15 is 0 Å². The first-order valence-corrected chi connectivity index (χ1v) is 14.9. The second-order valence-electron chi connectivity index (χ2n) is 9.38. The lowest BCUT2D eigenvalue weighted by molar-refractivity contribution is -0.140. The fourth-order valence-electron chi connectivity index (χ4n) is 4.31. The first-order valence-electron chi connectivity index (χ1n) is 13.1. The molecule has 1 N–H and O–H groups in total. The van der Waals surface area contributed by atoms with Crippen molar-refractivity contribution in [1.29, 1.82) is 0 Å². The number of amides is 2. The van der Waals surface area contributed by atoms with Crippen molar-refractivity contribution in [1.82, 2.24) is 10.2 Å². The number of anilines is 1. The smallest absolute Gasteiger partial charge is 0.264 e. The van der Waals surface area contributed by atoms with Crippen LogP contribution in [0, 0.1) is 6.92 Å². The summed E-state index contributed by atoms with van der Waals surface area (Å²) in [4.78, 5) is 28.8. The lowest BCUT2D eigenvalue weighted by Crippen LogP contribution is -2.52. The molecule has 1 atom stereocenters. The summed E-state index contributed by atoms with van der Waals surface area (Å²) in [7, 11) is -4.12. The van der Waals surface area contributed by atoms with Crippen molar-refractivity contribution in [2.24, 2.45) is 0 Å². The molecule has 0 aliphatic rings. The van der Waals surface area contributed by atoms with Crippen LogP contribution in [0.1, 0.15) is 44.2 Å². The number of carbonyl (C=O) groups excluding carboxylic acids is 2. The van der Waals surface area contributed by atoms with Crippen LogP contribution in [0.15, 0.2) is 83.8 Å². The molecule has 0 aromatic heterocycles. The van der Waals surface area contributed by atoms with Gasteiger partial charge in [-0.3, -0.25) is 13.9 Å². The third-order valence-electron chi connectivity index (χ3n) is 6.36. The lowest BCUT2D eigenvalue weighted by Gasteiger charge is -2.33. The Morgan fingerprint density at radius 3 is 2.31 bits per heavy atom. The van der Waals surface area contributed by atoms with Crippen LogP contribution in [0.25, 0.3) is 0 Å². The summed E-state index contributed by atoms with van der Waals surface area (Å²) in [6.45, 7) is 6.01. The van der Waals surface area contributed by atoms with Gasteiger partial charge in [0.25, 0.3) is 10.0 Å². The van der Waals surface area contributed by atoms with Crippen LogP contribution < -0.4 is 9.62 Å². The average Bonchev–Trinajstić information content (AvgIpc) is 2.92. The monoisotopic (exact) mass is 569 g/mol. The Labute approximate surface area is 236 Å². The second-order valence-corrected chi connectivity index (χ2v) is 11.7. The maximum atomic E-state index is 14.0. The van der Waals surface area contributed by atoms with Gasteiger partial charge in [-0.2, -0.15) is 0 Å². The van der Waals surface area contributed by atoms with Crippen molar-refractivity contribution in [3.8, 4) is 0 Å². The summed E-state index contributed by atoms with van der Waals surface area (Å²) in [5.41, 5.74) is 2.13. The van der Waals surface area contributed by atoms with E-state index in [9.17, 15) is 18.0 Å². The predicted octanol–water partition coefficient (Wildman–Crippen LogP) is 5.57. The number of hydrogen-bond donors (Lipinski definition) is 1. The second kappa shape index (κ2) is 14.1. The van der Waals surface area contributed by atoms with Crippen LogP contribution in [0.3, 0.4) is 0 Å². The van der Waals surface area contributed by atoms with Crippen molar-refractivity contribution < 1.29 is 18.0 Å². The lowest BCUT2D eigenvalue weighted by atomic mass is 10.1. The van der Waals surface area contributed by atoms with Crippen molar-refractivity contribution in [2.45, 2.75) is 57.5 Å². The first kappa shape index (κ1) is 30.2. The van der Waals surface area contributed by atoms with Crippen molar-refractivity contribution in [3.05, 3.63) is 95.0 Å². The molecule has 208 valence electrons. The Bertz CT molecular complexity index is 1370. The van der Waals surface area contributed by atoms with Crippen LogP contribution >= 0.6 is 11.6 Å². The predicted molar refractivity (Wildman–Crippen MR) is 156 cm³/mol. The van der Waals surface area contributed by atoms with Gasteiger partial charge in [0.15, 0.2) is 0 Å². The van der Waals surface area contributed by atoms with E-state index in [4.69, 9.17) is 11.6 Å². The van der Waals surface area contributed by atoms with Gasteiger partial charge in [-0.25, -0.2) is 8.42 Å². The summed E-state index contributed by atoms with van der Waals surface area (Å²) in [5, 5.41) is 3.27. The van der Waals surface area contributed by atoms with Gasteiger partial charge in [0.05, 0.1) is 10.6 Å². The standard InChI is InChI=1S/C30H36ClN3O4S/c1-4-6-18-32-30(36)28(5-2)33(21-24-13-10-12-23(3)19-24)29(35)22-34(26-15-11-14-25(31)20-26)39(37,38)27-16-8-7-9-17-27/h7-17,19-20,28H,4-6,18,21-22H2,1-3H3,(H,32,36). The molecule has 0 saturated carbocycles. The number of sulfonamides is 1. The number of nitrogens with one attached hydrogen (secondary N) is 1. The SMILES string of the molecule is CCCCNC(=O)C(CC)N(Cc1cccc(C)c1)C(=O)CN(c1cccc(Cl)c1)S(=O)(=O)c1ccccc1. The van der Waals surface area contributed by atoms with Crippen LogP contribution in [0.4, 0.5) is 5.69 Å². The van der Waals surface area contributed by atoms with Crippen molar-refractivity contribution in [3.63, 3.8) is 0 Å². The third-order valence-corrected chi connectivity index (χ3v) is 8.38. The van der Waals surface area contributed by atoms with E-state index in [1.54, 1.807) is 36.4 Å². The minimum atomic E-state index is -4.12. The van der Waals surface area contributed by atoms with Gasteiger partial charge in [-0.15, -0.1) is 0 Å². The molecule has 3 aromatic carbocycles. The fraction of sp³-hybridized carbons (Fsp3) is 0.333. The third kappa shape index (κ3) is 8.07. The summed E-state index contributed by atoms with van der Waals surface area (Å²) < 4.78 is 28.6. The van der Waals surface area contributed by atoms with Gasteiger partial charge in [0, 0.05) is 18.1 Å². The normalized spacial score (nSPS) is 12.0. The molecule has 3 rings (SSSR count). The molecule has 3 aromatic rings. The molecule has 0 radical (unpaired) electrons. The van der Waals surface area contributed by atoms with E-state index in [-0.39, 0.29) is 23.0 Å². The topological polar surface area (TPSA) is 86.8 Å². The van der Waals surface area contributed by atoms with Crippen molar-refractivity contribution >= 4 is 39.1 Å². The highest BCUT2D eigenvalue weighted by molar-refractivity contribution is 7.92. The van der Waals surface area contributed by atoms with Crippen LogP contribution in [-0.4, -0.2) is 44.3 Å². The molecule has 9 heteroatoms. The maximum Gasteiger partial charge on any atom is 0.264 e. The zero-order valence-corrected chi connectivity index (χ0v) is 24.2. The molecule has 0 bridgehead atoms. The number of carbonyl (C=O) groups is 2. The molecule has 0 heterocycles. The van der Waals surface area contributed by atoms with E-state index in [0.29, 0.717) is 18.0 Å². The molecule has 0 saturated heterocycles. The van der Waals surface area contributed by atoms with Crippen molar-refractivity contribution in [2.75, 3.05) is 17.4 Å². The fourth-order valence-corrected chi connectivity index (χ4v) is 5.92. The average molecular weight is 570 g/mol. The Hall–Kier alpha value is -3.36. The van der Waals surface area contributed by atoms with E-state index in [1.807, 2.05) is 45.0 Å². The summed E-state index contributed by atoms with van der Waals surface area (Å²) in [6.07, 6.45) is 2.12. The number of rotatable bonds is 13. The van der Waals surface area contributed by atoms with E-state index in [1.165, 1.54) is 23.1 Å². The summed E-state index contributed by atoms with van der Waals surface area (Å²) in [5.74, 6) is -0.749. The highest BCUT2D eigenvalue weighted by Gasteiger charge is 2.33. The highest BCUT2D eigenvalue weighted by atomic mass is 35.5. The molecule has 2 amide bonds. The molecular formula is C30H36ClN3O4S. The minimum absolute atomic E-state index is 0.0485. The van der Waals surface area contributed by atoms with Gasteiger partial charge in [-0.1, -0.05) is 86.0 Å². The number of benzene rings is 3. The number of nitrogens with zero attached hydrogens (tertiary/aromatic N) is 2. The van der Waals surface area contributed by atoms with E-state index in [0.717, 1.165) is 28.3 Å². The molecule has 0 fully saturated rings. The highest BCUT2D eigenvalue weighted by Crippen LogP contribution is 2.27. The molecule has 0 aliphatic carbocycles. The maximum absolute atomic E-state index is 14.0.